The van der Waals surface area contributed by atoms with Crippen LogP contribution in [0.4, 0.5) is 11.4 Å². The first-order chi connectivity index (χ1) is 18.9. The maximum atomic E-state index is 10.5. The summed E-state index contributed by atoms with van der Waals surface area (Å²) in [6, 6.07) is 15.6. The van der Waals surface area contributed by atoms with Crippen molar-refractivity contribution in [3.63, 3.8) is 0 Å². The number of carboxylic acids is 2. The molecule has 0 saturated carbocycles. The first kappa shape index (κ1) is 37.0. The predicted octanol–water partition coefficient (Wildman–Crippen LogP) is 4.63. The van der Waals surface area contributed by atoms with Crippen LogP contribution in [-0.4, -0.2) is 34.6 Å². The molecule has 0 aromatic heterocycles. The molecule has 2 N–H and O–H groups in total. The minimum atomic E-state index is -1.08. The molecular formula is C32H38CoN2O6. The van der Waals surface area contributed by atoms with Crippen LogP contribution < -0.4 is 10.2 Å². The third-order valence-corrected chi connectivity index (χ3v) is 5.42. The van der Waals surface area contributed by atoms with Crippen molar-refractivity contribution in [3.05, 3.63) is 81.9 Å². The zero-order valence-electron chi connectivity index (χ0n) is 24.4. The number of carbonyl (C=O) groups excluding carboxylic acids is 2. The van der Waals surface area contributed by atoms with Gasteiger partial charge in [-0.25, -0.2) is 0 Å². The van der Waals surface area contributed by atoms with Crippen molar-refractivity contribution in [2.45, 2.75) is 67.2 Å². The van der Waals surface area contributed by atoms with E-state index in [1.165, 1.54) is 11.1 Å². The fourth-order valence-corrected chi connectivity index (χ4v) is 3.79. The molecule has 0 fully saturated rings. The van der Waals surface area contributed by atoms with Crippen molar-refractivity contribution in [3.8, 4) is 11.5 Å². The van der Waals surface area contributed by atoms with Crippen molar-refractivity contribution < 1.29 is 46.8 Å². The Balaban J connectivity index is 0.00000158. The van der Waals surface area contributed by atoms with E-state index in [1.807, 2.05) is 62.4 Å². The molecule has 1 radical (unpaired) electrons. The normalized spacial score (nSPS) is 10.3. The Labute approximate surface area is 252 Å². The van der Waals surface area contributed by atoms with Gasteiger partial charge in [0, 0.05) is 35.5 Å². The van der Waals surface area contributed by atoms with Gasteiger partial charge in [-0.15, -0.1) is 0 Å². The minimum Gasteiger partial charge on any atom is -0.550 e. The summed E-state index contributed by atoms with van der Waals surface area (Å²) in [5.74, 6) is -1.66. The van der Waals surface area contributed by atoms with E-state index in [9.17, 15) is 10.2 Å². The second-order valence-electron chi connectivity index (χ2n) is 9.19. The van der Waals surface area contributed by atoms with E-state index in [4.69, 9.17) is 19.8 Å². The number of rotatable bonds is 8. The average Bonchev–Trinajstić information content (AvgIpc) is 2.86. The monoisotopic (exact) mass is 605 g/mol. The van der Waals surface area contributed by atoms with Crippen LogP contribution in [0.5, 0.6) is 11.5 Å². The topological polar surface area (TPSA) is 145 Å². The first-order valence-corrected chi connectivity index (χ1v) is 13.1. The van der Waals surface area contributed by atoms with E-state index in [2.05, 4.69) is 23.8 Å². The standard InChI is InChI=1S/C28H32N2O2.2C2H4O2.Co/c1-5-9-21-13-19(3)27(31)23(15-21)17-29-25-11-7-8-12-26(25)30-18-24-16-22(10-6-2)14-20(4)28(24)32;2*1-2(3)4;/h7-8,11-18,31-32H,5-6,9-10H2,1-4H3;2*1H3,(H,3,4);/q;;;+2/p-2. The number of nitrogens with zero attached hydrogens (tertiary/aromatic N) is 2. The zero-order valence-corrected chi connectivity index (χ0v) is 25.4. The Morgan fingerprint density at radius 2 is 1.05 bits per heavy atom. The van der Waals surface area contributed by atoms with Crippen LogP contribution in [-0.2, 0) is 39.2 Å². The maximum absolute atomic E-state index is 10.5. The third kappa shape index (κ3) is 13.8. The summed E-state index contributed by atoms with van der Waals surface area (Å²) in [5.41, 5.74) is 6.87. The Hall–Kier alpha value is -3.95. The molecule has 0 saturated heterocycles. The molecule has 0 unspecified atom stereocenters. The fraction of sp³-hybridized carbons (Fsp3) is 0.312. The fourth-order valence-electron chi connectivity index (χ4n) is 3.79. The van der Waals surface area contributed by atoms with Crippen LogP contribution in [0.15, 0.2) is 58.5 Å². The third-order valence-electron chi connectivity index (χ3n) is 5.42. The quantitative estimate of drug-likeness (QED) is 0.358. The van der Waals surface area contributed by atoms with E-state index >= 15 is 0 Å². The van der Waals surface area contributed by atoms with Gasteiger partial charge in [0.1, 0.15) is 11.5 Å². The number of carbonyl (C=O) groups is 2. The number of hydrogen-bond acceptors (Lipinski definition) is 8. The van der Waals surface area contributed by atoms with Crippen molar-refractivity contribution in [1.82, 2.24) is 0 Å². The van der Waals surface area contributed by atoms with Crippen LogP contribution in [0.2, 0.25) is 0 Å². The van der Waals surface area contributed by atoms with Gasteiger partial charge in [0.15, 0.2) is 0 Å². The van der Waals surface area contributed by atoms with Crippen molar-refractivity contribution in [2.24, 2.45) is 9.98 Å². The Kier molecular flexibility index (Phi) is 17.3. The van der Waals surface area contributed by atoms with Gasteiger partial charge in [-0.05, 0) is 87.1 Å². The Bertz CT molecular complexity index is 1240. The summed E-state index contributed by atoms with van der Waals surface area (Å²) in [7, 11) is 0. The molecule has 0 amide bonds. The second-order valence-corrected chi connectivity index (χ2v) is 9.19. The average molecular weight is 606 g/mol. The number of aliphatic imine (C=N–C) groups is 2. The summed E-state index contributed by atoms with van der Waals surface area (Å²) in [4.78, 5) is 27.0. The zero-order chi connectivity index (χ0) is 30.2. The summed E-state index contributed by atoms with van der Waals surface area (Å²) in [6.45, 7) is 10.0. The largest absolute Gasteiger partial charge is 2.00 e. The smallest absolute Gasteiger partial charge is 0.550 e. The van der Waals surface area contributed by atoms with Gasteiger partial charge in [0.25, 0.3) is 0 Å². The Morgan fingerprint density at radius 3 is 1.34 bits per heavy atom. The first-order valence-electron chi connectivity index (χ1n) is 13.1. The number of phenols is 2. The molecule has 41 heavy (non-hydrogen) atoms. The Morgan fingerprint density at radius 1 is 0.732 bits per heavy atom. The number of hydrogen-bond donors (Lipinski definition) is 2. The van der Waals surface area contributed by atoms with E-state index < -0.39 is 11.9 Å². The van der Waals surface area contributed by atoms with Crippen LogP contribution >= 0.6 is 0 Å². The van der Waals surface area contributed by atoms with E-state index in [-0.39, 0.29) is 28.3 Å². The number of aryl methyl sites for hydroxylation is 4. The number of aromatic hydroxyl groups is 2. The number of carboxylic acid groups (broad SMARTS) is 2. The summed E-state index contributed by atoms with van der Waals surface area (Å²) in [5, 5.41) is 38.7. The predicted molar refractivity (Wildman–Crippen MR) is 156 cm³/mol. The number of aliphatic carboxylic acids is 2. The van der Waals surface area contributed by atoms with E-state index in [1.54, 1.807) is 12.4 Å². The van der Waals surface area contributed by atoms with E-state index in [0.717, 1.165) is 50.7 Å². The molecule has 3 aromatic carbocycles. The molecule has 0 aliphatic heterocycles. The molecule has 3 rings (SSSR count). The van der Waals surface area contributed by atoms with Crippen LogP contribution in [0.25, 0.3) is 0 Å². The van der Waals surface area contributed by atoms with Crippen LogP contribution in [0.1, 0.15) is 73.9 Å². The van der Waals surface area contributed by atoms with Gasteiger partial charge in [-0.1, -0.05) is 51.0 Å². The second kappa shape index (κ2) is 19.2. The minimum absolute atomic E-state index is 0. The van der Waals surface area contributed by atoms with Gasteiger partial charge in [-0.2, -0.15) is 0 Å². The number of phenolic OH excluding ortho intramolecular Hbond substituents is 2. The van der Waals surface area contributed by atoms with Crippen LogP contribution in [0, 0.1) is 13.8 Å². The van der Waals surface area contributed by atoms with Crippen molar-refractivity contribution in [2.75, 3.05) is 0 Å². The molecule has 0 atom stereocenters. The maximum Gasteiger partial charge on any atom is 2.00 e. The van der Waals surface area contributed by atoms with E-state index in [0.29, 0.717) is 22.5 Å². The van der Waals surface area contributed by atoms with Gasteiger partial charge in [-0.3, -0.25) is 9.98 Å². The van der Waals surface area contributed by atoms with Gasteiger partial charge >= 0.3 is 16.8 Å². The summed E-state index contributed by atoms with van der Waals surface area (Å²) in [6.07, 6.45) is 7.40. The van der Waals surface area contributed by atoms with Crippen molar-refractivity contribution >= 4 is 35.7 Å². The molecule has 221 valence electrons. The van der Waals surface area contributed by atoms with Crippen molar-refractivity contribution in [1.29, 1.82) is 0 Å². The van der Waals surface area contributed by atoms with Gasteiger partial charge < -0.3 is 30.0 Å². The van der Waals surface area contributed by atoms with Gasteiger partial charge in [0.2, 0.25) is 0 Å². The number of benzene rings is 3. The van der Waals surface area contributed by atoms with Gasteiger partial charge in [0.05, 0.1) is 11.4 Å². The summed E-state index contributed by atoms with van der Waals surface area (Å²) < 4.78 is 0. The molecular weight excluding hydrogens is 567 g/mol. The summed E-state index contributed by atoms with van der Waals surface area (Å²) >= 11 is 0. The molecule has 0 heterocycles. The molecule has 0 bridgehead atoms. The molecule has 0 spiro atoms. The van der Waals surface area contributed by atoms with Crippen LogP contribution in [0.3, 0.4) is 0 Å². The molecule has 9 heteroatoms. The molecule has 0 aliphatic carbocycles. The number of para-hydroxylation sites is 2. The SMILES string of the molecule is CC(=O)[O-].CC(=O)[O-].CCCc1cc(C)c(O)c(C=Nc2ccccc2N=Cc2cc(CCC)cc(C)c2O)c1.[Co+2]. The molecule has 3 aromatic rings. The molecule has 8 nitrogen and oxygen atoms in total. The molecule has 0 aliphatic rings.